The van der Waals surface area contributed by atoms with Crippen molar-refractivity contribution in [3.05, 3.63) is 77.6 Å². The molecule has 4 rings (SSSR count). The van der Waals surface area contributed by atoms with Crippen molar-refractivity contribution in [1.82, 2.24) is 4.98 Å². The third kappa shape index (κ3) is 5.48. The van der Waals surface area contributed by atoms with E-state index in [9.17, 15) is 13.6 Å². The summed E-state index contributed by atoms with van der Waals surface area (Å²) in [6.07, 6.45) is 3.53. The second-order valence-corrected chi connectivity index (χ2v) is 7.17. The fourth-order valence-corrected chi connectivity index (χ4v) is 2.79. The third-order valence-corrected chi connectivity index (χ3v) is 4.68. The van der Waals surface area contributed by atoms with Crippen LogP contribution in [0.15, 0.2) is 54.7 Å². The fraction of sp³-hybridized carbons (Fsp3) is 0.217. The molecule has 3 aromatic rings. The first-order chi connectivity index (χ1) is 15.0. The van der Waals surface area contributed by atoms with Crippen molar-refractivity contribution in [1.29, 1.82) is 0 Å². The van der Waals surface area contributed by atoms with Gasteiger partial charge in [0.15, 0.2) is 0 Å². The molecule has 31 heavy (non-hydrogen) atoms. The lowest BCUT2D eigenvalue weighted by molar-refractivity contribution is 0.0690. The lowest BCUT2D eigenvalue weighted by atomic mass is 10.2. The van der Waals surface area contributed by atoms with Gasteiger partial charge in [0.2, 0.25) is 0 Å². The van der Waals surface area contributed by atoms with Gasteiger partial charge in [0, 0.05) is 18.2 Å². The van der Waals surface area contributed by atoms with E-state index in [1.807, 2.05) is 0 Å². The molecule has 1 fully saturated rings. The van der Waals surface area contributed by atoms with E-state index in [1.54, 1.807) is 24.3 Å². The van der Waals surface area contributed by atoms with Crippen LogP contribution in [0.25, 0.3) is 0 Å². The molecular formula is C23H19F2NO5. The number of benzene rings is 2. The Morgan fingerprint density at radius 3 is 2.35 bits per heavy atom. The fourth-order valence-electron chi connectivity index (χ4n) is 2.79. The average Bonchev–Trinajstić information content (AvgIpc) is 3.57. The molecule has 0 bridgehead atoms. The summed E-state index contributed by atoms with van der Waals surface area (Å²) in [5.74, 6) is -0.999. The number of ether oxygens (including phenoxy) is 3. The van der Waals surface area contributed by atoms with Crippen LogP contribution in [0.5, 0.6) is 23.0 Å². The van der Waals surface area contributed by atoms with Crippen molar-refractivity contribution >= 4 is 5.97 Å². The zero-order valence-electron chi connectivity index (χ0n) is 16.4. The number of halogens is 2. The molecule has 1 N–H and O–H groups in total. The number of carboxylic acid groups (broad SMARTS) is 1. The van der Waals surface area contributed by atoms with E-state index in [1.165, 1.54) is 31.2 Å². The van der Waals surface area contributed by atoms with Crippen molar-refractivity contribution in [3.8, 4) is 23.0 Å². The zero-order chi connectivity index (χ0) is 21.8. The van der Waals surface area contributed by atoms with Crippen LogP contribution in [0.1, 0.15) is 28.9 Å². The Balaban J connectivity index is 1.40. The Hall–Kier alpha value is -3.68. The van der Waals surface area contributed by atoms with Gasteiger partial charge in [-0.05, 0) is 43.0 Å². The minimum atomic E-state index is -1.18. The zero-order valence-corrected chi connectivity index (χ0v) is 16.4. The molecule has 0 saturated heterocycles. The number of aromatic nitrogens is 1. The van der Waals surface area contributed by atoms with E-state index in [2.05, 4.69) is 4.98 Å². The highest BCUT2D eigenvalue weighted by molar-refractivity contribution is 5.85. The molecule has 0 amide bonds. The summed E-state index contributed by atoms with van der Waals surface area (Å²) in [6.45, 7) is 0.256. The molecule has 160 valence electrons. The van der Waals surface area contributed by atoms with Gasteiger partial charge in [0.25, 0.3) is 0 Å². The summed E-state index contributed by atoms with van der Waals surface area (Å²) in [7, 11) is 0. The first kappa shape index (κ1) is 20.6. The van der Waals surface area contributed by atoms with E-state index >= 15 is 0 Å². The summed E-state index contributed by atoms with van der Waals surface area (Å²) >= 11 is 0. The van der Waals surface area contributed by atoms with Gasteiger partial charge in [-0.1, -0.05) is 6.07 Å². The summed E-state index contributed by atoms with van der Waals surface area (Å²) < 4.78 is 45.5. The first-order valence-corrected chi connectivity index (χ1v) is 9.69. The van der Waals surface area contributed by atoms with Gasteiger partial charge in [-0.3, -0.25) is 0 Å². The predicted octanol–water partition coefficient (Wildman–Crippen LogP) is 5.22. The molecule has 0 radical (unpaired) electrons. The lowest BCUT2D eigenvalue weighted by Crippen LogP contribution is -2.04. The van der Waals surface area contributed by atoms with E-state index in [0.717, 1.165) is 12.1 Å². The molecule has 1 aliphatic rings. The molecule has 0 aliphatic heterocycles. The molecule has 0 unspecified atom stereocenters. The second kappa shape index (κ2) is 8.99. The SMILES string of the molecule is O=C(O)c1ccc(OCc2c(F)cc(Oc3cccc(OCC4CC4)c3)cc2F)cn1. The quantitative estimate of drug-likeness (QED) is 0.505. The molecule has 1 aliphatic carbocycles. The smallest absolute Gasteiger partial charge is 0.354 e. The van der Waals surface area contributed by atoms with Gasteiger partial charge in [-0.2, -0.15) is 0 Å². The number of nitrogens with zero attached hydrogens (tertiary/aromatic N) is 1. The normalized spacial score (nSPS) is 13.0. The van der Waals surface area contributed by atoms with Gasteiger partial charge >= 0.3 is 5.97 Å². The molecule has 6 nitrogen and oxygen atoms in total. The van der Waals surface area contributed by atoms with Crippen molar-refractivity contribution in [3.63, 3.8) is 0 Å². The van der Waals surface area contributed by atoms with Crippen molar-refractivity contribution in [2.24, 2.45) is 5.92 Å². The molecule has 1 saturated carbocycles. The van der Waals surface area contributed by atoms with Gasteiger partial charge in [0.1, 0.15) is 46.9 Å². The Labute approximate surface area is 177 Å². The lowest BCUT2D eigenvalue weighted by Gasteiger charge is -2.12. The summed E-state index contributed by atoms with van der Waals surface area (Å²) in [5, 5.41) is 8.83. The number of hydrogen-bond donors (Lipinski definition) is 1. The highest BCUT2D eigenvalue weighted by Crippen LogP contribution is 2.31. The van der Waals surface area contributed by atoms with E-state index < -0.39 is 24.2 Å². The standard InChI is InChI=1S/C23H19F2NO5/c24-20-9-18(31-16-3-1-2-15(8-16)29-12-14-4-5-14)10-21(25)19(20)13-30-17-6-7-22(23(27)28)26-11-17/h1-3,6-11,14H,4-5,12-13H2,(H,27,28). The van der Waals surface area contributed by atoms with Crippen LogP contribution in [0, 0.1) is 17.6 Å². The second-order valence-electron chi connectivity index (χ2n) is 7.17. The highest BCUT2D eigenvalue weighted by Gasteiger charge is 2.22. The topological polar surface area (TPSA) is 77.9 Å². The maximum Gasteiger partial charge on any atom is 0.354 e. The van der Waals surface area contributed by atoms with Crippen molar-refractivity contribution in [2.75, 3.05) is 6.61 Å². The molecule has 8 heteroatoms. The third-order valence-electron chi connectivity index (χ3n) is 4.68. The first-order valence-electron chi connectivity index (χ1n) is 9.69. The largest absolute Gasteiger partial charge is 0.493 e. The van der Waals surface area contributed by atoms with Crippen LogP contribution >= 0.6 is 0 Å². The molecular weight excluding hydrogens is 408 g/mol. The summed E-state index contributed by atoms with van der Waals surface area (Å²) in [4.78, 5) is 14.5. The number of aromatic carboxylic acids is 1. The summed E-state index contributed by atoms with van der Waals surface area (Å²) in [6, 6.07) is 11.6. The number of hydrogen-bond acceptors (Lipinski definition) is 5. The number of carboxylic acids is 1. The van der Waals surface area contributed by atoms with E-state index in [4.69, 9.17) is 19.3 Å². The summed E-state index contributed by atoms with van der Waals surface area (Å²) in [5.41, 5.74) is -0.440. The van der Waals surface area contributed by atoms with Crippen molar-refractivity contribution in [2.45, 2.75) is 19.4 Å². The van der Waals surface area contributed by atoms with E-state index in [0.29, 0.717) is 24.0 Å². The monoisotopic (exact) mass is 427 g/mol. The number of rotatable bonds is 9. The Bertz CT molecular complexity index is 1060. The Morgan fingerprint density at radius 2 is 1.71 bits per heavy atom. The Morgan fingerprint density at radius 1 is 0.968 bits per heavy atom. The number of pyridine rings is 1. The molecule has 1 aromatic heterocycles. The van der Waals surface area contributed by atoms with E-state index in [-0.39, 0.29) is 22.8 Å². The van der Waals surface area contributed by atoms with Gasteiger partial charge in [-0.15, -0.1) is 0 Å². The number of carbonyl (C=O) groups is 1. The van der Waals surface area contributed by atoms with Gasteiger partial charge in [-0.25, -0.2) is 18.6 Å². The van der Waals surface area contributed by atoms with Crippen LogP contribution in [0.4, 0.5) is 8.78 Å². The van der Waals surface area contributed by atoms with Crippen LogP contribution in [-0.4, -0.2) is 22.7 Å². The Kier molecular flexibility index (Phi) is 5.97. The minimum Gasteiger partial charge on any atom is -0.493 e. The highest BCUT2D eigenvalue weighted by atomic mass is 19.1. The predicted molar refractivity (Wildman–Crippen MR) is 107 cm³/mol. The molecule has 2 aromatic carbocycles. The molecule has 0 spiro atoms. The van der Waals surface area contributed by atoms with Crippen molar-refractivity contribution < 1.29 is 32.9 Å². The van der Waals surface area contributed by atoms with Crippen LogP contribution in [0.3, 0.4) is 0 Å². The van der Waals surface area contributed by atoms with Crippen LogP contribution in [-0.2, 0) is 6.61 Å². The van der Waals surface area contributed by atoms with Crippen LogP contribution < -0.4 is 14.2 Å². The van der Waals surface area contributed by atoms with Gasteiger partial charge in [0.05, 0.1) is 18.4 Å². The maximum absolute atomic E-state index is 14.5. The van der Waals surface area contributed by atoms with Gasteiger partial charge < -0.3 is 19.3 Å². The molecule has 1 heterocycles. The maximum atomic E-state index is 14.5. The minimum absolute atomic E-state index is 0.00516. The molecule has 0 atom stereocenters. The van der Waals surface area contributed by atoms with Crippen LogP contribution in [0.2, 0.25) is 0 Å². The average molecular weight is 427 g/mol.